The van der Waals surface area contributed by atoms with E-state index < -0.39 is 0 Å². The molecule has 2 heterocycles. The van der Waals surface area contributed by atoms with Gasteiger partial charge in [0.2, 0.25) is 0 Å². The van der Waals surface area contributed by atoms with Gasteiger partial charge in [0, 0.05) is 19.8 Å². The van der Waals surface area contributed by atoms with Gasteiger partial charge in [0.1, 0.15) is 5.75 Å². The molecule has 0 radical (unpaired) electrons. The van der Waals surface area contributed by atoms with Crippen LogP contribution in [-0.4, -0.2) is 27.3 Å². The maximum absolute atomic E-state index is 12.7. The Bertz CT molecular complexity index is 676. The molecule has 2 aromatic rings. The van der Waals surface area contributed by atoms with Crippen molar-refractivity contribution in [1.29, 1.82) is 0 Å². The lowest BCUT2D eigenvalue weighted by Crippen LogP contribution is -2.35. The van der Waals surface area contributed by atoms with Crippen molar-refractivity contribution in [2.24, 2.45) is 7.05 Å². The van der Waals surface area contributed by atoms with E-state index in [0.717, 1.165) is 18.4 Å². The van der Waals surface area contributed by atoms with Crippen LogP contribution in [0.1, 0.15) is 28.0 Å². The molecule has 0 bridgehead atoms. The van der Waals surface area contributed by atoms with E-state index in [-0.39, 0.29) is 11.7 Å². The fraction of sp³-hybridized carbons (Fsp3) is 0.333. The summed E-state index contributed by atoms with van der Waals surface area (Å²) in [5.41, 5.74) is 2.96. The monoisotopic (exact) mass is 271 g/mol. The summed E-state index contributed by atoms with van der Waals surface area (Å²) in [5.74, 6) is 0.0649. The summed E-state index contributed by atoms with van der Waals surface area (Å²) in [6.07, 6.45) is 3.52. The number of benzene rings is 1. The van der Waals surface area contributed by atoms with Crippen molar-refractivity contribution in [1.82, 2.24) is 9.78 Å². The predicted molar refractivity (Wildman–Crippen MR) is 76.0 cm³/mol. The SMILES string of the molecule is Cc1nn(C)cc1C(=O)N1CCCc2cccc(O)c21. The average molecular weight is 271 g/mol. The molecule has 1 N–H and O–H groups in total. The van der Waals surface area contributed by atoms with Crippen molar-refractivity contribution in [3.05, 3.63) is 41.2 Å². The number of carbonyl (C=O) groups excluding carboxylic acids is 1. The lowest BCUT2D eigenvalue weighted by molar-refractivity contribution is 0.0983. The highest BCUT2D eigenvalue weighted by Gasteiger charge is 2.27. The zero-order chi connectivity index (χ0) is 14.3. The normalized spacial score (nSPS) is 14.2. The van der Waals surface area contributed by atoms with E-state index >= 15 is 0 Å². The minimum absolute atomic E-state index is 0.0990. The molecule has 3 rings (SSSR count). The van der Waals surface area contributed by atoms with Crippen LogP contribution in [0.15, 0.2) is 24.4 Å². The second kappa shape index (κ2) is 4.67. The molecule has 1 aromatic carbocycles. The minimum Gasteiger partial charge on any atom is -0.506 e. The Hall–Kier alpha value is -2.30. The number of amides is 1. The molecule has 0 saturated carbocycles. The topological polar surface area (TPSA) is 58.4 Å². The van der Waals surface area contributed by atoms with Gasteiger partial charge in [-0.05, 0) is 31.4 Å². The molecule has 5 nitrogen and oxygen atoms in total. The van der Waals surface area contributed by atoms with Gasteiger partial charge >= 0.3 is 0 Å². The Kier molecular flexibility index (Phi) is 2.97. The molecule has 1 aromatic heterocycles. The van der Waals surface area contributed by atoms with Crippen molar-refractivity contribution in [3.8, 4) is 5.75 Å². The molecule has 1 aliphatic heterocycles. The van der Waals surface area contributed by atoms with E-state index in [4.69, 9.17) is 0 Å². The summed E-state index contributed by atoms with van der Waals surface area (Å²) in [6, 6.07) is 5.41. The van der Waals surface area contributed by atoms with Crippen molar-refractivity contribution >= 4 is 11.6 Å². The smallest absolute Gasteiger partial charge is 0.261 e. The van der Waals surface area contributed by atoms with Gasteiger partial charge in [-0.25, -0.2) is 0 Å². The Morgan fingerprint density at radius 2 is 2.20 bits per heavy atom. The number of nitrogens with zero attached hydrogens (tertiary/aromatic N) is 3. The van der Waals surface area contributed by atoms with Gasteiger partial charge in [-0.15, -0.1) is 0 Å². The molecule has 20 heavy (non-hydrogen) atoms. The molecular weight excluding hydrogens is 254 g/mol. The van der Waals surface area contributed by atoms with Crippen molar-refractivity contribution < 1.29 is 9.90 Å². The highest BCUT2D eigenvalue weighted by molar-refractivity contribution is 6.08. The summed E-state index contributed by atoms with van der Waals surface area (Å²) in [7, 11) is 1.80. The van der Waals surface area contributed by atoms with Crippen LogP contribution < -0.4 is 4.90 Å². The van der Waals surface area contributed by atoms with Crippen LogP contribution in [0.4, 0.5) is 5.69 Å². The maximum atomic E-state index is 12.7. The van der Waals surface area contributed by atoms with Gasteiger partial charge in [-0.1, -0.05) is 12.1 Å². The number of aromatic hydroxyl groups is 1. The molecule has 0 aliphatic carbocycles. The third-order valence-electron chi connectivity index (χ3n) is 3.69. The van der Waals surface area contributed by atoms with Crippen molar-refractivity contribution in [3.63, 3.8) is 0 Å². The van der Waals surface area contributed by atoms with E-state index in [2.05, 4.69) is 5.10 Å². The van der Waals surface area contributed by atoms with Crippen LogP contribution in [-0.2, 0) is 13.5 Å². The van der Waals surface area contributed by atoms with Crippen LogP contribution in [0.25, 0.3) is 0 Å². The highest BCUT2D eigenvalue weighted by Crippen LogP contribution is 2.36. The maximum Gasteiger partial charge on any atom is 0.261 e. The number of fused-ring (bicyclic) bond motifs is 1. The van der Waals surface area contributed by atoms with Crippen LogP contribution in [0.3, 0.4) is 0 Å². The molecule has 0 saturated heterocycles. The fourth-order valence-electron chi connectivity index (χ4n) is 2.79. The number of rotatable bonds is 1. The number of hydrogen-bond acceptors (Lipinski definition) is 3. The molecule has 0 atom stereocenters. The third-order valence-corrected chi connectivity index (χ3v) is 3.69. The Balaban J connectivity index is 2.05. The molecule has 0 unspecified atom stereocenters. The van der Waals surface area contributed by atoms with Gasteiger partial charge in [0.05, 0.1) is 16.9 Å². The van der Waals surface area contributed by atoms with Gasteiger partial charge in [0.25, 0.3) is 5.91 Å². The summed E-state index contributed by atoms with van der Waals surface area (Å²) in [5, 5.41) is 14.3. The minimum atomic E-state index is -0.0990. The quantitative estimate of drug-likeness (QED) is 0.863. The Labute approximate surface area is 117 Å². The number of hydrogen-bond donors (Lipinski definition) is 1. The summed E-state index contributed by atoms with van der Waals surface area (Å²) in [6.45, 7) is 2.45. The molecule has 0 fully saturated rings. The first-order valence-electron chi connectivity index (χ1n) is 6.71. The third kappa shape index (κ3) is 1.95. The number of phenols is 1. The molecule has 1 amide bonds. The van der Waals surface area contributed by atoms with Crippen LogP contribution in [0.2, 0.25) is 0 Å². The lowest BCUT2D eigenvalue weighted by atomic mass is 10.00. The first kappa shape index (κ1) is 12.7. The highest BCUT2D eigenvalue weighted by atomic mass is 16.3. The summed E-state index contributed by atoms with van der Waals surface area (Å²) in [4.78, 5) is 14.4. The number of anilines is 1. The van der Waals surface area contributed by atoms with Gasteiger partial charge in [0.15, 0.2) is 0 Å². The summed E-state index contributed by atoms with van der Waals surface area (Å²) >= 11 is 0. The number of para-hydroxylation sites is 1. The molecule has 104 valence electrons. The zero-order valence-corrected chi connectivity index (χ0v) is 11.6. The Morgan fingerprint density at radius 3 is 2.90 bits per heavy atom. The van der Waals surface area contributed by atoms with Gasteiger partial charge < -0.3 is 10.0 Å². The lowest BCUT2D eigenvalue weighted by Gasteiger charge is -2.29. The second-order valence-corrected chi connectivity index (χ2v) is 5.15. The second-order valence-electron chi connectivity index (χ2n) is 5.15. The van der Waals surface area contributed by atoms with Crippen LogP contribution in [0.5, 0.6) is 5.75 Å². The van der Waals surface area contributed by atoms with E-state index in [0.29, 0.717) is 23.5 Å². The van der Waals surface area contributed by atoms with E-state index in [1.807, 2.05) is 19.1 Å². The average Bonchev–Trinajstić information content (AvgIpc) is 2.77. The van der Waals surface area contributed by atoms with E-state index in [1.165, 1.54) is 0 Å². The number of aryl methyl sites for hydroxylation is 3. The zero-order valence-electron chi connectivity index (χ0n) is 11.6. The standard InChI is InChI=1S/C15H17N3O2/c1-10-12(9-17(2)16-10)15(20)18-8-4-6-11-5-3-7-13(19)14(11)18/h3,5,7,9,19H,4,6,8H2,1-2H3. The first-order valence-corrected chi connectivity index (χ1v) is 6.71. The molecule has 0 spiro atoms. The van der Waals surface area contributed by atoms with Gasteiger partial charge in [-0.3, -0.25) is 9.48 Å². The summed E-state index contributed by atoms with van der Waals surface area (Å²) < 4.78 is 1.64. The fourth-order valence-corrected chi connectivity index (χ4v) is 2.79. The van der Waals surface area contributed by atoms with Crippen molar-refractivity contribution in [2.75, 3.05) is 11.4 Å². The van der Waals surface area contributed by atoms with Crippen LogP contribution >= 0.6 is 0 Å². The number of phenolic OH excluding ortho intramolecular Hbond substituents is 1. The molecule has 5 heteroatoms. The first-order chi connectivity index (χ1) is 9.58. The Morgan fingerprint density at radius 1 is 1.40 bits per heavy atom. The largest absolute Gasteiger partial charge is 0.506 e. The van der Waals surface area contributed by atoms with Crippen LogP contribution in [0, 0.1) is 6.92 Å². The number of carbonyl (C=O) groups is 1. The molecular formula is C15H17N3O2. The van der Waals surface area contributed by atoms with E-state index in [9.17, 15) is 9.90 Å². The molecule has 1 aliphatic rings. The van der Waals surface area contributed by atoms with Gasteiger partial charge in [-0.2, -0.15) is 5.10 Å². The van der Waals surface area contributed by atoms with Crippen molar-refractivity contribution in [2.45, 2.75) is 19.8 Å². The van der Waals surface area contributed by atoms with E-state index in [1.54, 1.807) is 28.9 Å². The predicted octanol–water partition coefficient (Wildman–Crippen LogP) is 2.03. The number of aromatic nitrogens is 2.